The second-order valence-electron chi connectivity index (χ2n) is 8.15. The van der Waals surface area contributed by atoms with Crippen LogP contribution in [0.3, 0.4) is 0 Å². The molecule has 0 saturated heterocycles. The molecule has 1 heterocycles. The van der Waals surface area contributed by atoms with E-state index in [4.69, 9.17) is 16.8 Å². The number of allylic oxidation sites excluding steroid dienone is 5. The molecule has 12 heteroatoms. The maximum Gasteiger partial charge on any atom is 0.259 e. The molecule has 0 radical (unpaired) electrons. The summed E-state index contributed by atoms with van der Waals surface area (Å²) in [6.07, 6.45) is 9.18. The van der Waals surface area contributed by atoms with Gasteiger partial charge in [0, 0.05) is 36.5 Å². The first-order valence-corrected chi connectivity index (χ1v) is 13.5. The lowest BCUT2D eigenvalue weighted by Gasteiger charge is -2.18. The smallest absolute Gasteiger partial charge is 0.259 e. The molecule has 0 bridgehead atoms. The number of hydroxylamine groups is 1. The lowest BCUT2D eigenvalue weighted by Crippen LogP contribution is -2.33. The van der Waals surface area contributed by atoms with E-state index in [1.54, 1.807) is 37.4 Å². The van der Waals surface area contributed by atoms with Crippen molar-refractivity contribution in [1.29, 1.82) is 0 Å². The van der Waals surface area contributed by atoms with E-state index in [1.807, 2.05) is 12.1 Å². The zero-order chi connectivity index (χ0) is 27.7. The van der Waals surface area contributed by atoms with Crippen molar-refractivity contribution in [3.63, 3.8) is 0 Å². The van der Waals surface area contributed by atoms with Gasteiger partial charge in [0.05, 0.1) is 21.5 Å². The first-order chi connectivity index (χ1) is 18.2. The molecule has 2 aromatic rings. The third-order valence-corrected chi connectivity index (χ3v) is 7.45. The van der Waals surface area contributed by atoms with Crippen LogP contribution in [0.25, 0.3) is 11.3 Å². The van der Waals surface area contributed by atoms with Crippen LogP contribution in [0, 0.1) is 5.92 Å². The first kappa shape index (κ1) is 28.6. The predicted molar refractivity (Wildman–Crippen MR) is 146 cm³/mol. The molecule has 0 fully saturated rings. The molecule has 0 saturated carbocycles. The Kier molecular flexibility index (Phi) is 9.83. The molecule has 1 unspecified atom stereocenters. The second kappa shape index (κ2) is 13.0. The van der Waals surface area contributed by atoms with Crippen LogP contribution in [0.15, 0.2) is 89.3 Å². The van der Waals surface area contributed by atoms with Crippen LogP contribution < -0.4 is 20.8 Å². The fourth-order valence-corrected chi connectivity index (χ4v) is 5.02. The average Bonchev–Trinajstić information content (AvgIpc) is 2.93. The molecule has 1 aliphatic carbocycles. The number of carbonyl (C=O) groups excluding carboxylic acids is 2. The van der Waals surface area contributed by atoms with Crippen molar-refractivity contribution in [2.24, 2.45) is 5.92 Å². The van der Waals surface area contributed by atoms with Crippen LogP contribution in [-0.4, -0.2) is 37.5 Å². The van der Waals surface area contributed by atoms with Crippen molar-refractivity contribution in [2.75, 3.05) is 12.4 Å². The van der Waals surface area contributed by atoms with E-state index in [-0.39, 0.29) is 23.1 Å². The van der Waals surface area contributed by atoms with Gasteiger partial charge in [0.25, 0.3) is 21.8 Å². The molecular weight excluding hydrogens is 530 g/mol. The summed E-state index contributed by atoms with van der Waals surface area (Å²) >= 11 is 6.32. The standard InChI is InChI=1S/C26H28ClN5O5S/c1-3-17(25(33)30-19-11-12-22(27)21(16-19)23-9-4-5-14-29-23)10-13-24(28-2)32-38(36,37)20-8-6-7-18(15-20)26(34)31-35/h4-14,16,18,28,32,35H,3,15H2,1-2H3,(H,30,33)(H,31,34)/b17-10-,24-13+. The van der Waals surface area contributed by atoms with Crippen LogP contribution in [0.2, 0.25) is 5.02 Å². The highest BCUT2D eigenvalue weighted by Crippen LogP contribution is 2.29. The normalized spacial score (nSPS) is 15.9. The Morgan fingerprint density at radius 2 is 2.00 bits per heavy atom. The van der Waals surface area contributed by atoms with Crippen LogP contribution in [0.1, 0.15) is 19.8 Å². The highest BCUT2D eigenvalue weighted by molar-refractivity contribution is 7.93. The number of aromatic nitrogens is 1. The van der Waals surface area contributed by atoms with E-state index >= 15 is 0 Å². The number of halogens is 1. The number of nitrogens with one attached hydrogen (secondary N) is 4. The van der Waals surface area contributed by atoms with Gasteiger partial charge in [0.1, 0.15) is 5.82 Å². The maximum atomic E-state index is 12.9. The third kappa shape index (κ3) is 7.31. The van der Waals surface area contributed by atoms with Gasteiger partial charge in [-0.1, -0.05) is 36.7 Å². The number of carbonyl (C=O) groups is 2. The monoisotopic (exact) mass is 557 g/mol. The average molecular weight is 558 g/mol. The molecule has 1 atom stereocenters. The molecule has 2 amide bonds. The SMILES string of the molecule is CC/C(=C/C=C(\NC)NS(=O)(=O)C1=CC=CC(C(=O)NO)C1)C(=O)Nc1ccc(Cl)c(-c2ccccn2)c1. The van der Waals surface area contributed by atoms with Crippen molar-refractivity contribution < 1.29 is 23.2 Å². The van der Waals surface area contributed by atoms with Gasteiger partial charge in [-0.05, 0) is 55.0 Å². The fraction of sp³-hybridized carbons (Fsp3) is 0.192. The molecule has 0 aliphatic heterocycles. The van der Waals surface area contributed by atoms with Gasteiger partial charge >= 0.3 is 0 Å². The fourth-order valence-electron chi connectivity index (χ4n) is 3.56. The Morgan fingerprint density at radius 1 is 1.21 bits per heavy atom. The molecule has 1 aliphatic rings. The summed E-state index contributed by atoms with van der Waals surface area (Å²) in [5.74, 6) is -1.78. The summed E-state index contributed by atoms with van der Waals surface area (Å²) < 4.78 is 28.2. The maximum absolute atomic E-state index is 12.9. The Hall–Kier alpha value is -3.93. The van der Waals surface area contributed by atoms with Gasteiger partial charge in [0.2, 0.25) is 0 Å². The molecular formula is C26H28ClN5O5S. The van der Waals surface area contributed by atoms with Crippen LogP contribution >= 0.6 is 11.6 Å². The lowest BCUT2D eigenvalue weighted by molar-refractivity contribution is -0.131. The topological polar surface area (TPSA) is 150 Å². The number of anilines is 1. The quantitative estimate of drug-likeness (QED) is 0.130. The predicted octanol–water partition coefficient (Wildman–Crippen LogP) is 3.62. The molecule has 38 heavy (non-hydrogen) atoms. The minimum atomic E-state index is -4.01. The summed E-state index contributed by atoms with van der Waals surface area (Å²) in [6, 6.07) is 10.5. The van der Waals surface area contributed by atoms with Crippen LogP contribution in [0.5, 0.6) is 0 Å². The molecule has 3 rings (SSSR count). The van der Waals surface area contributed by atoms with Crippen molar-refractivity contribution in [3.8, 4) is 11.3 Å². The van der Waals surface area contributed by atoms with Gasteiger partial charge in [0.15, 0.2) is 0 Å². The zero-order valence-corrected chi connectivity index (χ0v) is 22.3. The Bertz CT molecular complexity index is 1420. The van der Waals surface area contributed by atoms with Gasteiger partial charge in [-0.15, -0.1) is 0 Å². The van der Waals surface area contributed by atoms with E-state index < -0.39 is 21.8 Å². The van der Waals surface area contributed by atoms with E-state index in [1.165, 1.54) is 42.9 Å². The summed E-state index contributed by atoms with van der Waals surface area (Å²) in [5, 5.41) is 14.9. The second-order valence-corrected chi connectivity index (χ2v) is 10.3. The highest BCUT2D eigenvalue weighted by atomic mass is 35.5. The molecule has 0 spiro atoms. The molecule has 1 aromatic heterocycles. The van der Waals surface area contributed by atoms with Crippen molar-refractivity contribution in [1.82, 2.24) is 20.5 Å². The molecule has 200 valence electrons. The minimum absolute atomic E-state index is 0.0290. The number of pyridine rings is 1. The van der Waals surface area contributed by atoms with Gasteiger partial charge < -0.3 is 10.6 Å². The molecule has 5 N–H and O–H groups in total. The summed E-state index contributed by atoms with van der Waals surface area (Å²) in [5.41, 5.74) is 3.79. The number of nitrogens with zero attached hydrogens (tertiary/aromatic N) is 1. The number of hydrogen-bond acceptors (Lipinski definition) is 7. The summed E-state index contributed by atoms with van der Waals surface area (Å²) in [7, 11) is -2.48. The third-order valence-electron chi connectivity index (χ3n) is 5.64. The van der Waals surface area contributed by atoms with Gasteiger partial charge in [-0.3, -0.25) is 24.5 Å². The van der Waals surface area contributed by atoms with Gasteiger partial charge in [-0.2, -0.15) is 0 Å². The van der Waals surface area contributed by atoms with Crippen LogP contribution in [-0.2, 0) is 19.6 Å². The van der Waals surface area contributed by atoms with Gasteiger partial charge in [-0.25, -0.2) is 13.9 Å². The van der Waals surface area contributed by atoms with E-state index in [0.29, 0.717) is 34.0 Å². The lowest BCUT2D eigenvalue weighted by atomic mass is 10.0. The summed E-state index contributed by atoms with van der Waals surface area (Å²) in [4.78, 5) is 28.9. The van der Waals surface area contributed by atoms with Crippen LogP contribution in [0.4, 0.5) is 5.69 Å². The van der Waals surface area contributed by atoms with Crippen molar-refractivity contribution in [2.45, 2.75) is 19.8 Å². The minimum Gasteiger partial charge on any atom is -0.374 e. The number of benzene rings is 1. The largest absolute Gasteiger partial charge is 0.374 e. The highest BCUT2D eigenvalue weighted by Gasteiger charge is 2.26. The number of amides is 2. The number of hydrogen-bond donors (Lipinski definition) is 5. The van der Waals surface area contributed by atoms with E-state index in [9.17, 15) is 18.0 Å². The molecule has 10 nitrogen and oxygen atoms in total. The Balaban J connectivity index is 1.75. The van der Waals surface area contributed by atoms with Crippen molar-refractivity contribution >= 4 is 39.1 Å². The number of rotatable bonds is 10. The number of sulfonamides is 1. The molecule has 1 aromatic carbocycles. The zero-order valence-electron chi connectivity index (χ0n) is 20.7. The van der Waals surface area contributed by atoms with E-state index in [2.05, 4.69) is 20.3 Å². The summed E-state index contributed by atoms with van der Waals surface area (Å²) in [6.45, 7) is 1.80. The first-order valence-electron chi connectivity index (χ1n) is 11.6. The van der Waals surface area contributed by atoms with E-state index in [0.717, 1.165) is 0 Å². The Morgan fingerprint density at radius 3 is 2.66 bits per heavy atom. The Labute approximate surface area is 226 Å². The van der Waals surface area contributed by atoms with Crippen molar-refractivity contribution in [3.05, 3.63) is 94.3 Å².